The summed E-state index contributed by atoms with van der Waals surface area (Å²) in [6.07, 6.45) is 1.63. The fraction of sp³-hybridized carbons (Fsp3) is 0.0455. The van der Waals surface area contributed by atoms with E-state index < -0.39 is 11.8 Å². The molecule has 7 heteroatoms. The highest BCUT2D eigenvalue weighted by Gasteiger charge is 2.08. The van der Waals surface area contributed by atoms with Crippen molar-refractivity contribution in [3.8, 4) is 5.75 Å². The molecule has 1 heterocycles. The third kappa shape index (κ3) is 4.47. The first-order valence-electron chi connectivity index (χ1n) is 8.90. The highest BCUT2D eigenvalue weighted by molar-refractivity contribution is 5.91. The van der Waals surface area contributed by atoms with E-state index in [1.54, 1.807) is 30.5 Å². The van der Waals surface area contributed by atoms with E-state index in [0.29, 0.717) is 11.7 Å². The van der Waals surface area contributed by atoms with Crippen LogP contribution in [0.3, 0.4) is 0 Å². The van der Waals surface area contributed by atoms with Crippen LogP contribution in [0.15, 0.2) is 71.8 Å². The number of aromatic amines is 1. The number of hydrazone groups is 1. The number of aromatic nitrogens is 2. The van der Waals surface area contributed by atoms with Crippen LogP contribution in [0.2, 0.25) is 0 Å². The molecule has 6 nitrogen and oxygen atoms in total. The van der Waals surface area contributed by atoms with Gasteiger partial charge in [-0.05, 0) is 78.7 Å². The lowest BCUT2D eigenvalue weighted by molar-refractivity contribution is 0.0734. The van der Waals surface area contributed by atoms with Crippen LogP contribution in [0, 0.1) is 12.7 Å². The number of halogens is 1. The average molecular weight is 388 g/mol. The van der Waals surface area contributed by atoms with Crippen molar-refractivity contribution in [1.29, 1.82) is 0 Å². The molecule has 0 amide bonds. The number of aryl methyl sites for hydroxylation is 1. The third-order valence-electron chi connectivity index (χ3n) is 4.19. The van der Waals surface area contributed by atoms with Gasteiger partial charge in [0, 0.05) is 0 Å². The first kappa shape index (κ1) is 18.4. The minimum Gasteiger partial charge on any atom is -0.423 e. The number of H-pyrrole nitrogens is 1. The number of anilines is 1. The van der Waals surface area contributed by atoms with Crippen molar-refractivity contribution >= 4 is 29.2 Å². The second kappa shape index (κ2) is 7.93. The minimum absolute atomic E-state index is 0.280. The van der Waals surface area contributed by atoms with Gasteiger partial charge in [-0.1, -0.05) is 6.07 Å². The Morgan fingerprint density at radius 3 is 2.62 bits per heavy atom. The van der Waals surface area contributed by atoms with E-state index in [-0.39, 0.29) is 5.56 Å². The second-order valence-electron chi connectivity index (χ2n) is 6.44. The van der Waals surface area contributed by atoms with Gasteiger partial charge in [-0.15, -0.1) is 0 Å². The molecule has 0 aliphatic heterocycles. The molecule has 0 radical (unpaired) electrons. The molecular formula is C22H17FN4O2. The summed E-state index contributed by atoms with van der Waals surface area (Å²) in [7, 11) is 0. The molecule has 4 rings (SSSR count). The Balaban J connectivity index is 1.37. The quantitative estimate of drug-likeness (QED) is 0.225. The molecule has 0 bridgehead atoms. The van der Waals surface area contributed by atoms with Gasteiger partial charge < -0.3 is 9.72 Å². The number of nitrogens with zero attached hydrogens (tertiary/aromatic N) is 2. The maximum atomic E-state index is 12.9. The molecule has 0 unspecified atom stereocenters. The Kier molecular flexibility index (Phi) is 5.03. The summed E-state index contributed by atoms with van der Waals surface area (Å²) in [5.74, 6) is -0.0199. The van der Waals surface area contributed by atoms with Crippen LogP contribution in [0.5, 0.6) is 5.75 Å². The number of nitrogens with one attached hydrogen (secondary N) is 2. The monoisotopic (exact) mass is 388 g/mol. The van der Waals surface area contributed by atoms with Crippen LogP contribution < -0.4 is 10.2 Å². The van der Waals surface area contributed by atoms with Gasteiger partial charge >= 0.3 is 5.97 Å². The van der Waals surface area contributed by atoms with Gasteiger partial charge in [0.25, 0.3) is 0 Å². The molecule has 0 aliphatic carbocycles. The predicted molar refractivity (Wildman–Crippen MR) is 110 cm³/mol. The Morgan fingerprint density at radius 2 is 1.86 bits per heavy atom. The highest BCUT2D eigenvalue weighted by atomic mass is 19.1. The average Bonchev–Trinajstić information content (AvgIpc) is 3.11. The molecule has 0 saturated heterocycles. The predicted octanol–water partition coefficient (Wildman–Crippen LogP) is 4.68. The summed E-state index contributed by atoms with van der Waals surface area (Å²) in [4.78, 5) is 19.6. The number of carbonyl (C=O) groups is 1. The number of fused-ring (bicyclic) bond motifs is 1. The maximum absolute atomic E-state index is 12.9. The van der Waals surface area contributed by atoms with E-state index in [1.807, 2.05) is 25.1 Å². The largest absolute Gasteiger partial charge is 0.423 e. The molecule has 0 aliphatic rings. The summed E-state index contributed by atoms with van der Waals surface area (Å²) < 4.78 is 18.2. The van der Waals surface area contributed by atoms with E-state index in [0.717, 1.165) is 22.2 Å². The number of esters is 1. The SMILES string of the molecule is Cc1ccc2nc(N/N=C\c3ccc(OC(=O)c4ccc(F)cc4)cc3)[nH]c2c1. The van der Waals surface area contributed by atoms with Crippen molar-refractivity contribution in [2.24, 2.45) is 5.10 Å². The van der Waals surface area contributed by atoms with Gasteiger partial charge in [-0.3, -0.25) is 0 Å². The van der Waals surface area contributed by atoms with Crippen LogP contribution in [-0.4, -0.2) is 22.2 Å². The summed E-state index contributed by atoms with van der Waals surface area (Å²) in [5, 5.41) is 4.16. The Bertz CT molecular complexity index is 1180. The number of imidazole rings is 1. The molecular weight excluding hydrogens is 371 g/mol. The number of carbonyl (C=O) groups excluding carboxylic acids is 1. The highest BCUT2D eigenvalue weighted by Crippen LogP contribution is 2.16. The van der Waals surface area contributed by atoms with Crippen LogP contribution in [0.4, 0.5) is 10.3 Å². The van der Waals surface area contributed by atoms with Gasteiger partial charge in [0.2, 0.25) is 5.95 Å². The smallest absolute Gasteiger partial charge is 0.343 e. The normalized spacial score (nSPS) is 11.1. The molecule has 0 atom stereocenters. The zero-order chi connectivity index (χ0) is 20.2. The molecule has 4 aromatic rings. The summed E-state index contributed by atoms with van der Waals surface area (Å²) in [5.41, 5.74) is 6.90. The third-order valence-corrected chi connectivity index (χ3v) is 4.19. The molecule has 3 aromatic carbocycles. The van der Waals surface area contributed by atoms with Crippen molar-refractivity contribution in [2.75, 3.05) is 5.43 Å². The number of hydrogen-bond acceptors (Lipinski definition) is 5. The van der Waals surface area contributed by atoms with E-state index in [2.05, 4.69) is 20.5 Å². The van der Waals surface area contributed by atoms with Crippen LogP contribution in [-0.2, 0) is 0 Å². The van der Waals surface area contributed by atoms with Crippen LogP contribution in [0.25, 0.3) is 11.0 Å². The number of rotatable bonds is 5. The van der Waals surface area contributed by atoms with Crippen molar-refractivity contribution in [2.45, 2.75) is 6.92 Å². The molecule has 29 heavy (non-hydrogen) atoms. The fourth-order valence-corrected chi connectivity index (χ4v) is 2.72. The molecule has 2 N–H and O–H groups in total. The Labute approximate surface area is 166 Å². The molecule has 1 aromatic heterocycles. The van der Waals surface area contributed by atoms with Gasteiger partial charge in [0.05, 0.1) is 22.8 Å². The maximum Gasteiger partial charge on any atom is 0.343 e. The summed E-state index contributed by atoms with van der Waals surface area (Å²) in [6.45, 7) is 2.02. The van der Waals surface area contributed by atoms with Crippen molar-refractivity contribution < 1.29 is 13.9 Å². The van der Waals surface area contributed by atoms with Gasteiger partial charge in [0.15, 0.2) is 0 Å². The van der Waals surface area contributed by atoms with E-state index >= 15 is 0 Å². The van der Waals surface area contributed by atoms with Gasteiger partial charge in [-0.2, -0.15) is 5.10 Å². The lowest BCUT2D eigenvalue weighted by Crippen LogP contribution is -2.08. The van der Waals surface area contributed by atoms with Crippen molar-refractivity contribution in [3.63, 3.8) is 0 Å². The van der Waals surface area contributed by atoms with E-state index in [9.17, 15) is 9.18 Å². The molecule has 144 valence electrons. The zero-order valence-electron chi connectivity index (χ0n) is 15.5. The first-order chi connectivity index (χ1) is 14.1. The lowest BCUT2D eigenvalue weighted by atomic mass is 10.2. The summed E-state index contributed by atoms with van der Waals surface area (Å²) in [6, 6.07) is 18.0. The molecule has 0 spiro atoms. The minimum atomic E-state index is -0.548. The fourth-order valence-electron chi connectivity index (χ4n) is 2.72. The van der Waals surface area contributed by atoms with Gasteiger partial charge in [-0.25, -0.2) is 19.6 Å². The van der Waals surface area contributed by atoms with Crippen molar-refractivity contribution in [1.82, 2.24) is 9.97 Å². The standard InChI is InChI=1S/C22H17FN4O2/c1-14-2-11-19-20(12-14)26-22(25-19)27-24-13-15-3-9-18(10-4-15)29-21(28)16-5-7-17(23)8-6-16/h2-13H,1H3,(H2,25,26,27)/b24-13-. The van der Waals surface area contributed by atoms with E-state index in [1.165, 1.54) is 24.3 Å². The first-order valence-corrected chi connectivity index (χ1v) is 8.90. The molecule has 0 fully saturated rings. The Hall–Kier alpha value is -4.00. The number of benzene rings is 3. The van der Waals surface area contributed by atoms with Crippen LogP contribution >= 0.6 is 0 Å². The lowest BCUT2D eigenvalue weighted by Gasteiger charge is -2.04. The number of ether oxygens (including phenoxy) is 1. The van der Waals surface area contributed by atoms with Gasteiger partial charge in [0.1, 0.15) is 11.6 Å². The topological polar surface area (TPSA) is 79.4 Å². The number of hydrogen-bond donors (Lipinski definition) is 2. The summed E-state index contributed by atoms with van der Waals surface area (Å²) >= 11 is 0. The second-order valence-corrected chi connectivity index (χ2v) is 6.44. The Morgan fingerprint density at radius 1 is 1.10 bits per heavy atom. The van der Waals surface area contributed by atoms with Crippen molar-refractivity contribution in [3.05, 3.63) is 89.2 Å². The zero-order valence-corrected chi connectivity index (χ0v) is 15.5. The van der Waals surface area contributed by atoms with E-state index in [4.69, 9.17) is 4.74 Å². The van der Waals surface area contributed by atoms with Crippen LogP contribution in [0.1, 0.15) is 21.5 Å². The molecule has 0 saturated carbocycles.